The van der Waals surface area contributed by atoms with Crippen molar-refractivity contribution < 1.29 is 36.5 Å². The van der Waals surface area contributed by atoms with Gasteiger partial charge >= 0.3 is 12.2 Å². The second-order valence-electron chi connectivity index (χ2n) is 13.8. The minimum Gasteiger partial charge on any atom is -0.445 e. The summed E-state index contributed by atoms with van der Waals surface area (Å²) in [6.45, 7) is 6.45. The summed E-state index contributed by atoms with van der Waals surface area (Å²) in [5.41, 5.74) is 0.717. The molecule has 2 amide bonds. The van der Waals surface area contributed by atoms with Gasteiger partial charge in [-0.15, -0.1) is 0 Å². The number of piperidine rings is 2. The van der Waals surface area contributed by atoms with Crippen molar-refractivity contribution in [1.29, 1.82) is 0 Å². The van der Waals surface area contributed by atoms with Gasteiger partial charge in [0.2, 0.25) is 0 Å². The molecule has 0 radical (unpaired) electrons. The SMILES string of the molecule is CC(C)(C)OC(=O)NC1CC2CCC(C1)N2c1ccc(C(=O)CC(OS(C)(=O)=O)C2CCN(C(=O)OCc3ccccc3)CC2)cn1. The third-order valence-corrected chi connectivity index (χ3v) is 9.60. The lowest BCUT2D eigenvalue weighted by Crippen LogP contribution is -2.51. The first-order valence-corrected chi connectivity index (χ1v) is 18.2. The molecule has 2 aromatic rings. The molecule has 47 heavy (non-hydrogen) atoms. The summed E-state index contributed by atoms with van der Waals surface area (Å²) in [5.74, 6) is 0.288. The van der Waals surface area contributed by atoms with Gasteiger partial charge in [-0.2, -0.15) is 8.42 Å². The van der Waals surface area contributed by atoms with Crippen LogP contribution >= 0.6 is 0 Å². The van der Waals surface area contributed by atoms with Crippen LogP contribution in [-0.2, 0) is 30.4 Å². The summed E-state index contributed by atoms with van der Waals surface area (Å²) in [7, 11) is -3.83. The molecule has 0 spiro atoms. The Morgan fingerprint density at radius 1 is 0.979 bits per heavy atom. The number of anilines is 1. The first-order chi connectivity index (χ1) is 22.2. The number of pyridine rings is 1. The Balaban J connectivity index is 1.15. The van der Waals surface area contributed by atoms with Crippen molar-refractivity contribution in [3.05, 3.63) is 59.8 Å². The molecule has 0 saturated carbocycles. The van der Waals surface area contributed by atoms with Gasteiger partial charge in [-0.25, -0.2) is 14.6 Å². The minimum absolute atomic E-state index is 0.0260. The standard InChI is InChI=1S/C34H46N4O8S/c1-34(2,3)45-32(40)36-26-18-27-11-12-28(19-26)38(27)31-13-10-25(21-35-31)29(39)20-30(46-47(4,42)43)24-14-16-37(17-15-24)33(41)44-22-23-8-6-5-7-9-23/h5-10,13,21,24,26-28,30H,11-12,14-20,22H2,1-4H3,(H,36,40). The van der Waals surface area contributed by atoms with Crippen LogP contribution in [0.4, 0.5) is 15.4 Å². The molecular formula is C34H46N4O8S. The lowest BCUT2D eigenvalue weighted by molar-refractivity contribution is 0.0492. The molecule has 3 fully saturated rings. The van der Waals surface area contributed by atoms with E-state index in [4.69, 9.17) is 13.7 Å². The number of hydrogen-bond donors (Lipinski definition) is 1. The Morgan fingerprint density at radius 3 is 2.21 bits per heavy atom. The van der Waals surface area contributed by atoms with Gasteiger partial charge in [-0.05, 0) is 82.9 Å². The molecule has 3 unspecified atom stereocenters. The number of Topliss-reactive ketones (excluding diaryl/α,β-unsaturated/α-hetero) is 1. The molecule has 3 saturated heterocycles. The van der Waals surface area contributed by atoms with Crippen LogP contribution in [0.5, 0.6) is 0 Å². The van der Waals surface area contributed by atoms with Crippen molar-refractivity contribution in [2.24, 2.45) is 5.92 Å². The molecule has 13 heteroatoms. The van der Waals surface area contributed by atoms with E-state index in [9.17, 15) is 22.8 Å². The molecule has 2 bridgehead atoms. The topological polar surface area (TPSA) is 144 Å². The molecule has 1 aromatic heterocycles. The smallest absolute Gasteiger partial charge is 0.410 e. The van der Waals surface area contributed by atoms with Crippen LogP contribution in [-0.4, -0.2) is 85.4 Å². The second-order valence-corrected chi connectivity index (χ2v) is 15.4. The van der Waals surface area contributed by atoms with Gasteiger partial charge < -0.3 is 24.6 Å². The van der Waals surface area contributed by atoms with Crippen molar-refractivity contribution in [2.75, 3.05) is 24.2 Å². The van der Waals surface area contributed by atoms with E-state index in [0.29, 0.717) is 31.5 Å². The molecule has 3 aliphatic heterocycles. The van der Waals surface area contributed by atoms with E-state index in [-0.39, 0.29) is 42.9 Å². The maximum Gasteiger partial charge on any atom is 0.410 e. The van der Waals surface area contributed by atoms with Crippen LogP contribution in [0.25, 0.3) is 0 Å². The van der Waals surface area contributed by atoms with Gasteiger partial charge in [0.1, 0.15) is 18.0 Å². The summed E-state index contributed by atoms with van der Waals surface area (Å²) in [6.07, 6.45) is 5.24. The molecule has 12 nitrogen and oxygen atoms in total. The third-order valence-electron chi connectivity index (χ3n) is 9.00. The molecule has 256 valence electrons. The monoisotopic (exact) mass is 670 g/mol. The van der Waals surface area contributed by atoms with Gasteiger partial charge in [0.05, 0.1) is 12.4 Å². The Bertz CT molecular complexity index is 1490. The first-order valence-electron chi connectivity index (χ1n) is 16.3. The normalized spacial score (nSPS) is 22.4. The van der Waals surface area contributed by atoms with E-state index in [1.807, 2.05) is 57.2 Å². The lowest BCUT2D eigenvalue weighted by Gasteiger charge is -2.40. The second kappa shape index (κ2) is 14.6. The fourth-order valence-electron chi connectivity index (χ4n) is 6.92. The molecular weight excluding hydrogens is 624 g/mol. The predicted octanol–water partition coefficient (Wildman–Crippen LogP) is 5.07. The Hall–Kier alpha value is -3.71. The Labute approximate surface area is 277 Å². The van der Waals surface area contributed by atoms with Gasteiger partial charge in [0.25, 0.3) is 10.1 Å². The molecule has 0 aliphatic carbocycles. The van der Waals surface area contributed by atoms with E-state index in [2.05, 4.69) is 15.2 Å². The quantitative estimate of drug-likeness (QED) is 0.269. The number of ketones is 1. The number of benzene rings is 1. The highest BCUT2D eigenvalue weighted by atomic mass is 32.2. The third kappa shape index (κ3) is 9.66. The number of carbonyl (C=O) groups is 3. The largest absolute Gasteiger partial charge is 0.445 e. The van der Waals surface area contributed by atoms with Crippen molar-refractivity contribution in [3.63, 3.8) is 0 Å². The number of hydrogen-bond acceptors (Lipinski definition) is 10. The number of nitrogens with one attached hydrogen (secondary N) is 1. The van der Waals surface area contributed by atoms with Crippen LogP contribution in [0.2, 0.25) is 0 Å². The van der Waals surface area contributed by atoms with Crippen molar-refractivity contribution in [1.82, 2.24) is 15.2 Å². The molecule has 4 heterocycles. The number of aromatic nitrogens is 1. The lowest BCUT2D eigenvalue weighted by atomic mass is 9.88. The highest BCUT2D eigenvalue weighted by Gasteiger charge is 2.42. The Morgan fingerprint density at radius 2 is 1.64 bits per heavy atom. The summed E-state index contributed by atoms with van der Waals surface area (Å²) in [6, 6.07) is 13.5. The van der Waals surface area contributed by atoms with E-state index in [1.165, 1.54) is 0 Å². The predicted molar refractivity (Wildman–Crippen MR) is 176 cm³/mol. The number of rotatable bonds is 10. The number of nitrogens with zero attached hydrogens (tertiary/aromatic N) is 3. The zero-order valence-corrected chi connectivity index (χ0v) is 28.4. The number of likely N-dealkylation sites (tertiary alicyclic amines) is 1. The first kappa shape index (κ1) is 34.6. The van der Waals surface area contributed by atoms with Gasteiger partial charge in [0, 0.05) is 49.4 Å². The van der Waals surface area contributed by atoms with Crippen molar-refractivity contribution >= 4 is 33.9 Å². The highest BCUT2D eigenvalue weighted by molar-refractivity contribution is 7.86. The highest BCUT2D eigenvalue weighted by Crippen LogP contribution is 2.39. The zero-order chi connectivity index (χ0) is 33.8. The number of carbonyl (C=O) groups excluding carboxylic acids is 3. The Kier molecular flexibility index (Phi) is 10.7. The van der Waals surface area contributed by atoms with Gasteiger partial charge in [-0.1, -0.05) is 30.3 Å². The van der Waals surface area contributed by atoms with Crippen LogP contribution < -0.4 is 10.2 Å². The van der Waals surface area contributed by atoms with Gasteiger partial charge in [-0.3, -0.25) is 8.98 Å². The molecule has 3 aliphatic rings. The van der Waals surface area contributed by atoms with E-state index >= 15 is 0 Å². The van der Waals surface area contributed by atoms with E-state index in [1.54, 1.807) is 17.2 Å². The summed E-state index contributed by atoms with van der Waals surface area (Å²) < 4.78 is 40.6. The number of ether oxygens (including phenoxy) is 2. The average molecular weight is 671 g/mol. The van der Waals surface area contributed by atoms with Crippen molar-refractivity contribution in [3.8, 4) is 0 Å². The molecule has 5 rings (SSSR count). The maximum absolute atomic E-state index is 13.4. The van der Waals surface area contributed by atoms with Crippen LogP contribution in [0, 0.1) is 5.92 Å². The summed E-state index contributed by atoms with van der Waals surface area (Å²) in [5, 5.41) is 3.02. The number of amides is 2. The summed E-state index contributed by atoms with van der Waals surface area (Å²) >= 11 is 0. The summed E-state index contributed by atoms with van der Waals surface area (Å²) in [4.78, 5) is 46.9. The fourth-order valence-corrected chi connectivity index (χ4v) is 7.59. The zero-order valence-electron chi connectivity index (χ0n) is 27.6. The molecule has 1 aromatic carbocycles. The van der Waals surface area contributed by atoms with Crippen LogP contribution in [0.3, 0.4) is 0 Å². The van der Waals surface area contributed by atoms with Gasteiger partial charge in [0.15, 0.2) is 5.78 Å². The minimum atomic E-state index is -3.83. The van der Waals surface area contributed by atoms with Crippen molar-refractivity contribution in [2.45, 2.75) is 102 Å². The fraction of sp³-hybridized carbons (Fsp3) is 0.588. The molecule has 3 atom stereocenters. The number of alkyl carbamates (subject to hydrolysis) is 1. The van der Waals surface area contributed by atoms with Crippen LogP contribution in [0.15, 0.2) is 48.7 Å². The van der Waals surface area contributed by atoms with Crippen LogP contribution in [0.1, 0.15) is 81.6 Å². The average Bonchev–Trinajstić information content (AvgIpc) is 3.28. The maximum atomic E-state index is 13.4. The molecule has 1 N–H and O–H groups in total. The van der Waals surface area contributed by atoms with E-state index < -0.39 is 34.0 Å². The van der Waals surface area contributed by atoms with E-state index in [0.717, 1.165) is 43.3 Å². The number of fused-ring (bicyclic) bond motifs is 2.